The molecule has 0 radical (unpaired) electrons. The van der Waals surface area contributed by atoms with Crippen molar-refractivity contribution in [2.45, 2.75) is 25.5 Å². The van der Waals surface area contributed by atoms with E-state index in [-0.39, 0.29) is 28.5 Å². The van der Waals surface area contributed by atoms with Crippen LogP contribution < -0.4 is 10.1 Å². The molecule has 0 saturated carbocycles. The smallest absolute Gasteiger partial charge is 0.337 e. The number of thioether (sulfide) groups is 1. The average molecular weight is 499 g/mol. The number of aromatic nitrogens is 3. The van der Waals surface area contributed by atoms with Gasteiger partial charge in [0.05, 0.1) is 37.7 Å². The topological polar surface area (TPSA) is 122 Å². The number of benzene rings is 2. The predicted octanol–water partition coefficient (Wildman–Crippen LogP) is 3.67. The SMILES string of the molecule is CCOc1ccc(-c2nnc(SCC(=O)Nc3cc(C(=O)OC)cc(C(=O)OC)c3)n2CC)cc1. The highest BCUT2D eigenvalue weighted by molar-refractivity contribution is 7.99. The summed E-state index contributed by atoms with van der Waals surface area (Å²) in [6, 6.07) is 11.8. The first-order valence-corrected chi connectivity index (χ1v) is 11.8. The highest BCUT2D eigenvalue weighted by atomic mass is 32.2. The summed E-state index contributed by atoms with van der Waals surface area (Å²) in [5.74, 6) is -0.126. The van der Waals surface area contributed by atoms with Crippen molar-refractivity contribution in [1.29, 1.82) is 0 Å². The lowest BCUT2D eigenvalue weighted by Crippen LogP contribution is -2.16. The Morgan fingerprint density at radius 3 is 2.11 bits per heavy atom. The summed E-state index contributed by atoms with van der Waals surface area (Å²) in [5.41, 5.74) is 1.38. The van der Waals surface area contributed by atoms with Crippen molar-refractivity contribution >= 4 is 35.3 Å². The first-order valence-electron chi connectivity index (χ1n) is 10.8. The third-order valence-electron chi connectivity index (χ3n) is 4.85. The Bertz CT molecular complexity index is 1170. The second-order valence-electron chi connectivity index (χ2n) is 7.13. The van der Waals surface area contributed by atoms with E-state index in [1.807, 2.05) is 42.7 Å². The van der Waals surface area contributed by atoms with Gasteiger partial charge in [0.25, 0.3) is 0 Å². The van der Waals surface area contributed by atoms with Crippen LogP contribution in [0.3, 0.4) is 0 Å². The number of carbonyl (C=O) groups is 3. The van der Waals surface area contributed by atoms with Crippen LogP contribution in [0, 0.1) is 0 Å². The molecule has 3 aromatic rings. The first kappa shape index (κ1) is 25.8. The summed E-state index contributed by atoms with van der Waals surface area (Å²) >= 11 is 1.23. The van der Waals surface area contributed by atoms with E-state index in [9.17, 15) is 14.4 Å². The lowest BCUT2D eigenvalue weighted by Gasteiger charge is -2.10. The molecule has 0 spiro atoms. The maximum absolute atomic E-state index is 12.6. The number of nitrogens with zero attached hydrogens (tertiary/aromatic N) is 3. The molecule has 1 aromatic heterocycles. The third-order valence-corrected chi connectivity index (χ3v) is 5.81. The number of ether oxygens (including phenoxy) is 3. The molecule has 1 heterocycles. The number of esters is 2. The summed E-state index contributed by atoms with van der Waals surface area (Å²) in [5, 5.41) is 11.8. The van der Waals surface area contributed by atoms with E-state index >= 15 is 0 Å². The molecule has 1 amide bonds. The number of rotatable bonds is 10. The molecule has 0 bridgehead atoms. The van der Waals surface area contributed by atoms with Crippen LogP contribution in [0.4, 0.5) is 5.69 Å². The van der Waals surface area contributed by atoms with Crippen molar-refractivity contribution < 1.29 is 28.6 Å². The van der Waals surface area contributed by atoms with E-state index in [4.69, 9.17) is 14.2 Å². The molecule has 0 aliphatic carbocycles. The molecule has 1 N–H and O–H groups in total. The van der Waals surface area contributed by atoms with Crippen LogP contribution in [0.5, 0.6) is 5.75 Å². The zero-order valence-corrected chi connectivity index (χ0v) is 20.7. The lowest BCUT2D eigenvalue weighted by molar-refractivity contribution is -0.113. The summed E-state index contributed by atoms with van der Waals surface area (Å²) in [7, 11) is 2.46. The van der Waals surface area contributed by atoms with Crippen molar-refractivity contribution in [2.75, 3.05) is 31.9 Å². The van der Waals surface area contributed by atoms with Crippen molar-refractivity contribution in [3.05, 3.63) is 53.6 Å². The van der Waals surface area contributed by atoms with Crippen LogP contribution in [-0.2, 0) is 20.8 Å². The fourth-order valence-corrected chi connectivity index (χ4v) is 4.06. The summed E-state index contributed by atoms with van der Waals surface area (Å²) < 4.78 is 16.8. The van der Waals surface area contributed by atoms with Crippen LogP contribution in [0.15, 0.2) is 47.6 Å². The van der Waals surface area contributed by atoms with Crippen molar-refractivity contribution in [3.63, 3.8) is 0 Å². The first-order chi connectivity index (χ1) is 16.9. The molecular formula is C24H26N4O6S. The quantitative estimate of drug-likeness (QED) is 0.329. The largest absolute Gasteiger partial charge is 0.494 e. The second-order valence-corrected chi connectivity index (χ2v) is 8.07. The fourth-order valence-electron chi connectivity index (χ4n) is 3.26. The van der Waals surface area contributed by atoms with E-state index in [1.54, 1.807) is 0 Å². The van der Waals surface area contributed by atoms with Gasteiger partial charge in [0.1, 0.15) is 5.75 Å². The highest BCUT2D eigenvalue weighted by Crippen LogP contribution is 2.26. The molecule has 0 fully saturated rings. The second kappa shape index (κ2) is 12.0. The van der Waals surface area contributed by atoms with Crippen LogP contribution in [0.25, 0.3) is 11.4 Å². The number of amides is 1. The number of carbonyl (C=O) groups excluding carboxylic acids is 3. The number of nitrogens with one attached hydrogen (secondary N) is 1. The molecule has 0 saturated heterocycles. The van der Waals surface area contributed by atoms with Crippen molar-refractivity contribution in [3.8, 4) is 17.1 Å². The molecule has 184 valence electrons. The third kappa shape index (κ3) is 6.38. The lowest BCUT2D eigenvalue weighted by atomic mass is 10.1. The maximum atomic E-state index is 12.6. The minimum absolute atomic E-state index is 0.0391. The van der Waals surface area contributed by atoms with Gasteiger partial charge in [-0.05, 0) is 56.3 Å². The normalized spacial score (nSPS) is 10.5. The monoisotopic (exact) mass is 498 g/mol. The van der Waals surface area contributed by atoms with Gasteiger partial charge in [-0.3, -0.25) is 4.79 Å². The van der Waals surface area contributed by atoms with Crippen LogP contribution >= 0.6 is 11.8 Å². The molecule has 3 rings (SSSR count). The van der Waals surface area contributed by atoms with E-state index < -0.39 is 11.9 Å². The van der Waals surface area contributed by atoms with Gasteiger partial charge < -0.3 is 24.1 Å². The molecular weight excluding hydrogens is 472 g/mol. The summed E-state index contributed by atoms with van der Waals surface area (Å²) in [4.78, 5) is 36.5. The zero-order chi connectivity index (χ0) is 25.4. The summed E-state index contributed by atoms with van der Waals surface area (Å²) in [6.45, 7) is 5.10. The number of methoxy groups -OCH3 is 2. The molecule has 11 heteroatoms. The zero-order valence-electron chi connectivity index (χ0n) is 19.9. The van der Waals surface area contributed by atoms with Crippen LogP contribution in [0.1, 0.15) is 34.6 Å². The Balaban J connectivity index is 1.72. The van der Waals surface area contributed by atoms with E-state index in [1.165, 1.54) is 44.2 Å². The molecule has 0 unspecified atom stereocenters. The van der Waals surface area contributed by atoms with Gasteiger partial charge in [0.15, 0.2) is 11.0 Å². The maximum Gasteiger partial charge on any atom is 0.337 e. The number of hydrogen-bond acceptors (Lipinski definition) is 9. The minimum Gasteiger partial charge on any atom is -0.494 e. The summed E-state index contributed by atoms with van der Waals surface area (Å²) in [6.07, 6.45) is 0. The van der Waals surface area contributed by atoms with Gasteiger partial charge in [-0.2, -0.15) is 0 Å². The highest BCUT2D eigenvalue weighted by Gasteiger charge is 2.17. The van der Waals surface area contributed by atoms with Gasteiger partial charge in [-0.25, -0.2) is 9.59 Å². The Morgan fingerprint density at radius 2 is 1.57 bits per heavy atom. The Kier molecular flexibility index (Phi) is 8.85. The van der Waals surface area contributed by atoms with Gasteiger partial charge >= 0.3 is 11.9 Å². The number of anilines is 1. The average Bonchev–Trinajstić information content (AvgIpc) is 3.29. The predicted molar refractivity (Wildman–Crippen MR) is 131 cm³/mol. The standard InChI is InChI=1S/C24H26N4O6S/c1-5-28-21(15-7-9-19(10-8-15)34-6-2)26-27-24(28)35-14-20(29)25-18-12-16(22(30)32-3)11-17(13-18)23(31)33-4/h7-13H,5-6,14H2,1-4H3,(H,25,29). The van der Waals surface area contributed by atoms with Crippen molar-refractivity contribution in [1.82, 2.24) is 14.8 Å². The van der Waals surface area contributed by atoms with Crippen molar-refractivity contribution in [2.24, 2.45) is 0 Å². The van der Waals surface area contributed by atoms with Gasteiger partial charge in [-0.15, -0.1) is 10.2 Å². The van der Waals surface area contributed by atoms with Gasteiger partial charge in [-0.1, -0.05) is 11.8 Å². The minimum atomic E-state index is -0.640. The Morgan fingerprint density at radius 1 is 0.943 bits per heavy atom. The molecule has 2 aromatic carbocycles. The Hall–Kier alpha value is -3.86. The Labute approximate surface area is 207 Å². The van der Waals surface area contributed by atoms with Gasteiger partial charge in [0.2, 0.25) is 5.91 Å². The number of hydrogen-bond donors (Lipinski definition) is 1. The molecule has 35 heavy (non-hydrogen) atoms. The van der Waals surface area contributed by atoms with Crippen LogP contribution in [-0.4, -0.2) is 59.2 Å². The van der Waals surface area contributed by atoms with Crippen LogP contribution in [0.2, 0.25) is 0 Å². The van der Waals surface area contributed by atoms with Gasteiger partial charge in [0, 0.05) is 17.8 Å². The molecule has 0 atom stereocenters. The van der Waals surface area contributed by atoms with E-state index in [0.717, 1.165) is 11.3 Å². The molecule has 0 aliphatic heterocycles. The van der Waals surface area contributed by atoms with E-state index in [2.05, 4.69) is 15.5 Å². The fraction of sp³-hybridized carbons (Fsp3) is 0.292. The van der Waals surface area contributed by atoms with E-state index in [0.29, 0.717) is 24.1 Å². The molecule has 10 nitrogen and oxygen atoms in total. The molecule has 0 aliphatic rings.